The van der Waals surface area contributed by atoms with Crippen molar-refractivity contribution in [2.45, 2.75) is 19.1 Å². The summed E-state index contributed by atoms with van der Waals surface area (Å²) in [5, 5.41) is 22.4. The van der Waals surface area contributed by atoms with E-state index >= 15 is 0 Å². The lowest BCUT2D eigenvalue weighted by Gasteiger charge is -2.16. The maximum Gasteiger partial charge on any atom is 0.123 e. The Hall–Kier alpha value is -1.82. The fourth-order valence-electron chi connectivity index (χ4n) is 1.29. The fraction of sp³-hybridized carbons (Fsp3) is 0.444. The molecule has 0 aromatic carbocycles. The lowest BCUT2D eigenvalue weighted by molar-refractivity contribution is 0.0218. The molecular formula is C9H13N5O2. The van der Waals surface area contributed by atoms with Crippen molar-refractivity contribution >= 4 is 5.82 Å². The molecule has 86 valence electrons. The van der Waals surface area contributed by atoms with Gasteiger partial charge in [-0.25, -0.2) is 4.98 Å². The number of hydrogen-bond acceptors (Lipinski definition) is 5. The van der Waals surface area contributed by atoms with Gasteiger partial charge in [0.1, 0.15) is 11.9 Å². The minimum Gasteiger partial charge on any atom is -0.390 e. The Morgan fingerprint density at radius 1 is 1.56 bits per heavy atom. The average Bonchev–Trinajstić information content (AvgIpc) is 2.23. The molecule has 1 rings (SSSR count). The molecular weight excluding hydrogens is 210 g/mol. The van der Waals surface area contributed by atoms with Crippen LogP contribution in [0.5, 0.6) is 0 Å². The average molecular weight is 223 g/mol. The minimum absolute atomic E-state index is 0.215. The zero-order valence-electron chi connectivity index (χ0n) is 8.78. The summed E-state index contributed by atoms with van der Waals surface area (Å²) in [4.78, 5) is 6.39. The monoisotopic (exact) mass is 223 g/mol. The summed E-state index contributed by atoms with van der Waals surface area (Å²) in [6, 6.07) is 3.26. The maximum absolute atomic E-state index is 9.71. The third-order valence-corrected chi connectivity index (χ3v) is 2.01. The Bertz CT molecular complexity index is 396. The molecule has 2 atom stereocenters. The van der Waals surface area contributed by atoms with Crippen LogP contribution in [-0.4, -0.2) is 27.8 Å². The SMILES string of the molecule is Cc1cc(N)nc(C(O)C(O)CN=[N+]=[N-])c1. The third-order valence-electron chi connectivity index (χ3n) is 2.01. The van der Waals surface area contributed by atoms with Gasteiger partial charge in [0.15, 0.2) is 0 Å². The number of pyridine rings is 1. The first-order valence-electron chi connectivity index (χ1n) is 4.65. The normalized spacial score (nSPS) is 13.9. The molecule has 7 nitrogen and oxygen atoms in total. The molecule has 0 aliphatic heterocycles. The number of aliphatic hydroxyl groups is 2. The molecule has 1 aromatic rings. The maximum atomic E-state index is 9.71. The van der Waals surface area contributed by atoms with Gasteiger partial charge in [-0.1, -0.05) is 5.11 Å². The summed E-state index contributed by atoms with van der Waals surface area (Å²) in [6.07, 6.45) is -2.41. The number of anilines is 1. The second-order valence-corrected chi connectivity index (χ2v) is 3.42. The van der Waals surface area contributed by atoms with E-state index in [0.29, 0.717) is 0 Å². The lowest BCUT2D eigenvalue weighted by Crippen LogP contribution is -2.22. The Morgan fingerprint density at radius 3 is 2.81 bits per heavy atom. The molecule has 4 N–H and O–H groups in total. The number of rotatable bonds is 4. The van der Waals surface area contributed by atoms with Gasteiger partial charge in [0.05, 0.1) is 18.3 Å². The van der Waals surface area contributed by atoms with Crippen LogP contribution in [0, 0.1) is 6.92 Å². The van der Waals surface area contributed by atoms with Crippen LogP contribution < -0.4 is 5.73 Å². The number of nitrogens with two attached hydrogens (primary N) is 1. The van der Waals surface area contributed by atoms with E-state index < -0.39 is 12.2 Å². The van der Waals surface area contributed by atoms with E-state index in [0.717, 1.165) is 5.56 Å². The van der Waals surface area contributed by atoms with Crippen molar-refractivity contribution in [3.8, 4) is 0 Å². The number of aliphatic hydroxyl groups excluding tert-OH is 2. The molecule has 7 heteroatoms. The Balaban J connectivity index is 2.86. The van der Waals surface area contributed by atoms with Crippen molar-refractivity contribution in [3.05, 3.63) is 33.8 Å². The van der Waals surface area contributed by atoms with E-state index in [4.69, 9.17) is 11.3 Å². The lowest BCUT2D eigenvalue weighted by atomic mass is 10.1. The van der Waals surface area contributed by atoms with Crippen molar-refractivity contribution in [2.24, 2.45) is 5.11 Å². The van der Waals surface area contributed by atoms with E-state index in [9.17, 15) is 10.2 Å². The molecule has 0 aliphatic carbocycles. The van der Waals surface area contributed by atoms with Crippen molar-refractivity contribution in [2.75, 3.05) is 12.3 Å². The second-order valence-electron chi connectivity index (χ2n) is 3.42. The Labute approximate surface area is 92.2 Å². The molecule has 0 saturated carbocycles. The fourth-order valence-corrected chi connectivity index (χ4v) is 1.29. The first kappa shape index (κ1) is 12.3. The number of nitrogens with zero attached hydrogens (tertiary/aromatic N) is 4. The molecule has 0 aliphatic rings. The number of hydrogen-bond donors (Lipinski definition) is 3. The van der Waals surface area contributed by atoms with Crippen molar-refractivity contribution in [1.29, 1.82) is 0 Å². The molecule has 0 fully saturated rings. The highest BCUT2D eigenvalue weighted by atomic mass is 16.3. The smallest absolute Gasteiger partial charge is 0.123 e. The molecule has 16 heavy (non-hydrogen) atoms. The van der Waals surface area contributed by atoms with E-state index in [1.165, 1.54) is 0 Å². The zero-order chi connectivity index (χ0) is 12.1. The number of aromatic nitrogens is 1. The van der Waals surface area contributed by atoms with Gasteiger partial charge in [-0.15, -0.1) is 0 Å². The molecule has 0 amide bonds. The topological polar surface area (TPSA) is 128 Å². The number of nitrogen functional groups attached to an aromatic ring is 1. The number of azide groups is 1. The van der Waals surface area contributed by atoms with Gasteiger partial charge in [-0.2, -0.15) is 0 Å². The summed E-state index contributed by atoms with van der Waals surface area (Å²) in [7, 11) is 0. The summed E-state index contributed by atoms with van der Waals surface area (Å²) in [6.45, 7) is 1.58. The van der Waals surface area contributed by atoms with Gasteiger partial charge in [0.2, 0.25) is 0 Å². The highest BCUT2D eigenvalue weighted by Crippen LogP contribution is 2.18. The van der Waals surface area contributed by atoms with Crippen LogP contribution in [0.3, 0.4) is 0 Å². The zero-order valence-corrected chi connectivity index (χ0v) is 8.78. The van der Waals surface area contributed by atoms with Crippen LogP contribution in [0.15, 0.2) is 17.2 Å². The number of aryl methyl sites for hydroxylation is 1. The van der Waals surface area contributed by atoms with Crippen molar-refractivity contribution in [1.82, 2.24) is 4.98 Å². The molecule has 0 spiro atoms. The molecule has 1 aromatic heterocycles. The second kappa shape index (κ2) is 5.32. The van der Waals surface area contributed by atoms with Gasteiger partial charge < -0.3 is 15.9 Å². The van der Waals surface area contributed by atoms with Gasteiger partial charge in [-0.05, 0) is 30.2 Å². The third kappa shape index (κ3) is 3.09. The quantitative estimate of drug-likeness (QED) is 0.393. The summed E-state index contributed by atoms with van der Waals surface area (Å²) in [5.41, 5.74) is 14.7. The molecule has 0 bridgehead atoms. The van der Waals surface area contributed by atoms with E-state index in [1.54, 1.807) is 19.1 Å². The summed E-state index contributed by atoms with van der Waals surface area (Å²) >= 11 is 0. The molecule has 1 heterocycles. The summed E-state index contributed by atoms with van der Waals surface area (Å²) in [5.74, 6) is 0.269. The summed E-state index contributed by atoms with van der Waals surface area (Å²) < 4.78 is 0. The van der Waals surface area contributed by atoms with E-state index in [-0.39, 0.29) is 18.1 Å². The van der Waals surface area contributed by atoms with Crippen LogP contribution in [0.4, 0.5) is 5.82 Å². The van der Waals surface area contributed by atoms with Gasteiger partial charge in [-0.3, -0.25) is 0 Å². The highest BCUT2D eigenvalue weighted by Gasteiger charge is 2.19. The van der Waals surface area contributed by atoms with Crippen LogP contribution in [0.2, 0.25) is 0 Å². The van der Waals surface area contributed by atoms with Gasteiger partial charge >= 0.3 is 0 Å². The van der Waals surface area contributed by atoms with Crippen LogP contribution in [-0.2, 0) is 0 Å². The first-order valence-corrected chi connectivity index (χ1v) is 4.65. The Kier molecular flexibility index (Phi) is 4.07. The minimum atomic E-state index is -1.22. The highest BCUT2D eigenvalue weighted by molar-refractivity contribution is 5.35. The Morgan fingerprint density at radius 2 is 2.25 bits per heavy atom. The van der Waals surface area contributed by atoms with Crippen LogP contribution in [0.1, 0.15) is 17.4 Å². The first-order chi connectivity index (χ1) is 7.54. The largest absolute Gasteiger partial charge is 0.390 e. The molecule has 0 saturated heterocycles. The van der Waals surface area contributed by atoms with Crippen molar-refractivity contribution < 1.29 is 10.2 Å². The molecule has 0 radical (unpaired) electrons. The van der Waals surface area contributed by atoms with Crippen LogP contribution >= 0.6 is 0 Å². The molecule has 2 unspecified atom stereocenters. The standard InChI is InChI=1S/C9H13N5O2/c1-5-2-6(13-8(10)3-5)9(16)7(15)4-12-14-11/h2-3,7,9,15-16H,4H2,1H3,(H2,10,13). The predicted molar refractivity (Wildman–Crippen MR) is 58.4 cm³/mol. The predicted octanol–water partition coefficient (Wildman–Crippen LogP) is 0.677. The van der Waals surface area contributed by atoms with E-state index in [1.807, 2.05) is 0 Å². The van der Waals surface area contributed by atoms with E-state index in [2.05, 4.69) is 15.0 Å². The van der Waals surface area contributed by atoms with Crippen molar-refractivity contribution in [3.63, 3.8) is 0 Å². The van der Waals surface area contributed by atoms with Crippen LogP contribution in [0.25, 0.3) is 10.4 Å². The van der Waals surface area contributed by atoms with Gasteiger partial charge in [0.25, 0.3) is 0 Å². The van der Waals surface area contributed by atoms with Gasteiger partial charge in [0, 0.05) is 4.91 Å².